The summed E-state index contributed by atoms with van der Waals surface area (Å²) in [6, 6.07) is 15.8. The van der Waals surface area contributed by atoms with Gasteiger partial charge in [0.05, 0.1) is 4.92 Å². The molecular formula is C20H14N4O4. The van der Waals surface area contributed by atoms with E-state index < -0.39 is 4.92 Å². The average Bonchev–Trinajstić information content (AvgIpc) is 3.06. The highest BCUT2D eigenvalue weighted by Crippen LogP contribution is 2.33. The standard InChI is InChI=1S/C20H14N4O4/c25-16-8-7-14(17(26)11-16)12-21-20-19(22-18-6-1-2-9-23(18)20)13-4-3-5-15(10-13)24(27)28/h1-12,25-26H. The molecule has 138 valence electrons. The Balaban J connectivity index is 1.87. The fraction of sp³-hybridized carbons (Fsp3) is 0. The Morgan fingerprint density at radius 1 is 1.07 bits per heavy atom. The largest absolute Gasteiger partial charge is 0.508 e. The number of nitro groups is 1. The third kappa shape index (κ3) is 3.14. The van der Waals surface area contributed by atoms with Gasteiger partial charge < -0.3 is 10.2 Å². The fourth-order valence-electron chi connectivity index (χ4n) is 2.84. The number of hydrogen-bond donors (Lipinski definition) is 2. The average molecular weight is 374 g/mol. The van der Waals surface area contributed by atoms with Crippen molar-refractivity contribution in [3.8, 4) is 22.8 Å². The number of imidazole rings is 1. The Bertz CT molecular complexity index is 1230. The lowest BCUT2D eigenvalue weighted by molar-refractivity contribution is -0.384. The highest BCUT2D eigenvalue weighted by molar-refractivity contribution is 5.88. The topological polar surface area (TPSA) is 113 Å². The zero-order valence-electron chi connectivity index (χ0n) is 14.4. The summed E-state index contributed by atoms with van der Waals surface area (Å²) in [7, 11) is 0. The zero-order valence-corrected chi connectivity index (χ0v) is 14.4. The minimum absolute atomic E-state index is 0.0411. The van der Waals surface area contributed by atoms with E-state index in [9.17, 15) is 20.3 Å². The number of aromatic hydroxyl groups is 2. The Hall–Kier alpha value is -4.20. The highest BCUT2D eigenvalue weighted by atomic mass is 16.6. The van der Waals surface area contributed by atoms with Crippen LogP contribution in [-0.4, -0.2) is 30.7 Å². The number of rotatable bonds is 4. The van der Waals surface area contributed by atoms with Crippen molar-refractivity contribution in [2.24, 2.45) is 4.99 Å². The molecule has 2 N–H and O–H groups in total. The SMILES string of the molecule is O=[N+]([O-])c1cccc(-c2nc3ccccn3c2N=Cc2ccc(O)cc2O)c1. The first-order chi connectivity index (χ1) is 13.5. The number of nitrogens with zero attached hydrogens (tertiary/aromatic N) is 4. The van der Waals surface area contributed by atoms with Crippen LogP contribution in [0.3, 0.4) is 0 Å². The van der Waals surface area contributed by atoms with Gasteiger partial charge in [0.25, 0.3) is 5.69 Å². The summed E-state index contributed by atoms with van der Waals surface area (Å²) in [5, 5.41) is 30.5. The molecule has 2 aromatic heterocycles. The van der Waals surface area contributed by atoms with E-state index in [1.807, 2.05) is 12.1 Å². The second kappa shape index (κ2) is 6.84. The lowest BCUT2D eigenvalue weighted by Gasteiger charge is -2.02. The molecule has 0 unspecified atom stereocenters. The van der Waals surface area contributed by atoms with Gasteiger partial charge in [-0.1, -0.05) is 18.2 Å². The van der Waals surface area contributed by atoms with Gasteiger partial charge in [0.1, 0.15) is 22.8 Å². The molecule has 0 spiro atoms. The molecular weight excluding hydrogens is 360 g/mol. The Kier molecular flexibility index (Phi) is 4.21. The van der Waals surface area contributed by atoms with E-state index in [-0.39, 0.29) is 17.2 Å². The predicted molar refractivity (Wildman–Crippen MR) is 104 cm³/mol. The number of pyridine rings is 1. The molecule has 0 atom stereocenters. The van der Waals surface area contributed by atoms with Crippen LogP contribution < -0.4 is 0 Å². The number of fused-ring (bicyclic) bond motifs is 1. The second-order valence-corrected chi connectivity index (χ2v) is 6.02. The van der Waals surface area contributed by atoms with E-state index in [0.717, 1.165) is 0 Å². The van der Waals surface area contributed by atoms with E-state index >= 15 is 0 Å². The lowest BCUT2D eigenvalue weighted by atomic mass is 10.1. The molecule has 8 heteroatoms. The molecule has 0 bridgehead atoms. The summed E-state index contributed by atoms with van der Waals surface area (Å²) in [5.74, 6) is 0.291. The van der Waals surface area contributed by atoms with Crippen molar-refractivity contribution in [2.75, 3.05) is 0 Å². The van der Waals surface area contributed by atoms with Gasteiger partial charge in [-0.15, -0.1) is 0 Å². The first-order valence-electron chi connectivity index (χ1n) is 8.31. The maximum atomic E-state index is 11.1. The number of aliphatic imine (C=N–C) groups is 1. The monoisotopic (exact) mass is 374 g/mol. The van der Waals surface area contributed by atoms with E-state index in [1.54, 1.807) is 28.8 Å². The molecule has 0 aliphatic carbocycles. The summed E-state index contributed by atoms with van der Waals surface area (Å²) in [5.41, 5.74) is 2.03. The quantitative estimate of drug-likeness (QED) is 0.317. The Morgan fingerprint density at radius 3 is 2.71 bits per heavy atom. The molecule has 0 saturated carbocycles. The molecule has 28 heavy (non-hydrogen) atoms. The summed E-state index contributed by atoms with van der Waals surface area (Å²) >= 11 is 0. The van der Waals surface area contributed by atoms with Gasteiger partial charge in [0.2, 0.25) is 0 Å². The van der Waals surface area contributed by atoms with Crippen LogP contribution >= 0.6 is 0 Å². The summed E-state index contributed by atoms with van der Waals surface area (Å²) < 4.78 is 1.75. The van der Waals surface area contributed by atoms with Crippen molar-refractivity contribution in [1.29, 1.82) is 0 Å². The van der Waals surface area contributed by atoms with E-state index in [1.165, 1.54) is 36.5 Å². The first-order valence-corrected chi connectivity index (χ1v) is 8.31. The molecule has 8 nitrogen and oxygen atoms in total. The molecule has 4 aromatic rings. The van der Waals surface area contributed by atoms with E-state index in [4.69, 9.17) is 0 Å². The van der Waals surface area contributed by atoms with Gasteiger partial charge in [-0.3, -0.25) is 14.5 Å². The molecule has 0 radical (unpaired) electrons. The summed E-state index contributed by atoms with van der Waals surface area (Å²) in [6.45, 7) is 0. The molecule has 0 amide bonds. The number of non-ortho nitro benzene ring substituents is 1. The van der Waals surface area contributed by atoms with Gasteiger partial charge >= 0.3 is 0 Å². The first kappa shape index (κ1) is 17.2. The number of phenols is 2. The van der Waals surface area contributed by atoms with Gasteiger partial charge in [0.15, 0.2) is 5.82 Å². The van der Waals surface area contributed by atoms with Crippen LogP contribution in [0.2, 0.25) is 0 Å². The van der Waals surface area contributed by atoms with Crippen LogP contribution in [0, 0.1) is 10.1 Å². The zero-order chi connectivity index (χ0) is 19.7. The number of hydrogen-bond acceptors (Lipinski definition) is 6. The molecule has 4 rings (SSSR count). The van der Waals surface area contributed by atoms with Crippen molar-refractivity contribution in [3.05, 3.63) is 82.5 Å². The fourth-order valence-corrected chi connectivity index (χ4v) is 2.84. The number of nitro benzene ring substituents is 1. The number of aromatic nitrogens is 2. The maximum absolute atomic E-state index is 11.1. The molecule has 0 aliphatic rings. The van der Waals surface area contributed by atoms with Crippen LogP contribution in [0.15, 0.2) is 71.9 Å². The molecule has 0 saturated heterocycles. The number of phenolic OH excluding ortho intramolecular Hbond substituents is 2. The molecule has 0 aliphatic heterocycles. The minimum Gasteiger partial charge on any atom is -0.508 e. The normalized spacial score (nSPS) is 11.3. The van der Waals surface area contributed by atoms with Crippen LogP contribution in [0.1, 0.15) is 5.56 Å². The van der Waals surface area contributed by atoms with Crippen molar-refractivity contribution in [2.45, 2.75) is 0 Å². The minimum atomic E-state index is -0.462. The molecule has 2 heterocycles. The molecule has 0 fully saturated rings. The maximum Gasteiger partial charge on any atom is 0.270 e. The van der Waals surface area contributed by atoms with Gasteiger partial charge in [-0.25, -0.2) is 9.98 Å². The van der Waals surface area contributed by atoms with Crippen LogP contribution in [0.4, 0.5) is 11.5 Å². The summed E-state index contributed by atoms with van der Waals surface area (Å²) in [4.78, 5) is 19.7. The lowest BCUT2D eigenvalue weighted by Crippen LogP contribution is -1.89. The van der Waals surface area contributed by atoms with Crippen molar-refractivity contribution < 1.29 is 15.1 Å². The van der Waals surface area contributed by atoms with Crippen molar-refractivity contribution >= 4 is 23.4 Å². The van der Waals surface area contributed by atoms with Gasteiger partial charge in [0, 0.05) is 41.7 Å². The highest BCUT2D eigenvalue weighted by Gasteiger charge is 2.16. The summed E-state index contributed by atoms with van der Waals surface area (Å²) in [6.07, 6.45) is 3.23. The predicted octanol–water partition coefficient (Wildman–Crippen LogP) is 4.07. The smallest absolute Gasteiger partial charge is 0.270 e. The third-order valence-electron chi connectivity index (χ3n) is 4.18. The van der Waals surface area contributed by atoms with Crippen molar-refractivity contribution in [1.82, 2.24) is 9.38 Å². The van der Waals surface area contributed by atoms with Crippen LogP contribution in [0.5, 0.6) is 11.5 Å². The van der Waals surface area contributed by atoms with E-state index in [0.29, 0.717) is 28.3 Å². The molecule has 2 aromatic carbocycles. The van der Waals surface area contributed by atoms with Gasteiger partial charge in [-0.05, 0) is 24.3 Å². The Morgan fingerprint density at radius 2 is 1.93 bits per heavy atom. The van der Waals surface area contributed by atoms with Gasteiger partial charge in [-0.2, -0.15) is 0 Å². The third-order valence-corrected chi connectivity index (χ3v) is 4.18. The van der Waals surface area contributed by atoms with Crippen LogP contribution in [0.25, 0.3) is 16.9 Å². The Labute approximate surface area is 158 Å². The van der Waals surface area contributed by atoms with E-state index in [2.05, 4.69) is 9.98 Å². The van der Waals surface area contributed by atoms with Crippen molar-refractivity contribution in [3.63, 3.8) is 0 Å². The second-order valence-electron chi connectivity index (χ2n) is 6.02. The number of benzene rings is 2. The van der Waals surface area contributed by atoms with Crippen LogP contribution in [-0.2, 0) is 0 Å².